The molecule has 0 fully saturated rings. The van der Waals surface area contributed by atoms with Crippen LogP contribution >= 0.6 is 0 Å². The van der Waals surface area contributed by atoms with Crippen LogP contribution in [0.2, 0.25) is 0 Å². The van der Waals surface area contributed by atoms with Crippen molar-refractivity contribution in [2.45, 2.75) is 44.7 Å². The molecule has 2 rings (SSSR count). The summed E-state index contributed by atoms with van der Waals surface area (Å²) >= 11 is 0. The van der Waals surface area contributed by atoms with Crippen LogP contribution in [0.1, 0.15) is 54.0 Å². The average molecular weight is 388 g/mol. The molecule has 2 aromatic rings. The molecule has 0 saturated heterocycles. The molecule has 0 aromatic heterocycles. The molecule has 0 heterocycles. The van der Waals surface area contributed by atoms with Crippen molar-refractivity contribution in [1.29, 1.82) is 0 Å². The maximum Gasteiger partial charge on any atom is 0.251 e. The second-order valence-electron chi connectivity index (χ2n) is 7.31. The lowest BCUT2D eigenvalue weighted by atomic mass is 10.1. The molecule has 0 unspecified atom stereocenters. The van der Waals surface area contributed by atoms with Gasteiger partial charge in [-0.15, -0.1) is 0 Å². The number of hydrogen-bond donors (Lipinski definition) is 2. The van der Waals surface area contributed by atoms with Gasteiger partial charge in [0.05, 0.1) is 4.90 Å². The van der Waals surface area contributed by atoms with E-state index in [9.17, 15) is 18.0 Å². The fourth-order valence-corrected chi connectivity index (χ4v) is 3.33. The maximum atomic E-state index is 12.4. The van der Waals surface area contributed by atoms with E-state index in [2.05, 4.69) is 10.0 Å². The Morgan fingerprint density at radius 2 is 1.41 bits per heavy atom. The van der Waals surface area contributed by atoms with Gasteiger partial charge >= 0.3 is 0 Å². The molecule has 0 saturated carbocycles. The summed E-state index contributed by atoms with van der Waals surface area (Å²) in [6.07, 6.45) is 0. The van der Waals surface area contributed by atoms with Gasteiger partial charge in [0.25, 0.3) is 5.91 Å². The van der Waals surface area contributed by atoms with E-state index in [0.717, 1.165) is 5.56 Å². The van der Waals surface area contributed by atoms with Crippen molar-refractivity contribution in [1.82, 2.24) is 10.0 Å². The molecule has 144 valence electrons. The van der Waals surface area contributed by atoms with E-state index >= 15 is 0 Å². The van der Waals surface area contributed by atoms with Crippen molar-refractivity contribution < 1.29 is 18.0 Å². The molecule has 7 heteroatoms. The van der Waals surface area contributed by atoms with Gasteiger partial charge in [-0.3, -0.25) is 9.59 Å². The van der Waals surface area contributed by atoms with E-state index in [-0.39, 0.29) is 28.7 Å². The van der Waals surface area contributed by atoms with E-state index in [1.165, 1.54) is 31.2 Å². The van der Waals surface area contributed by atoms with Crippen molar-refractivity contribution >= 4 is 21.7 Å². The van der Waals surface area contributed by atoms with Crippen LogP contribution in [0, 0.1) is 0 Å². The Kier molecular flexibility index (Phi) is 6.18. The monoisotopic (exact) mass is 388 g/mol. The van der Waals surface area contributed by atoms with Gasteiger partial charge in [-0.05, 0) is 57.5 Å². The average Bonchev–Trinajstić information content (AvgIpc) is 2.59. The molecule has 0 aliphatic rings. The van der Waals surface area contributed by atoms with Crippen LogP contribution in [0.25, 0.3) is 0 Å². The zero-order valence-corrected chi connectivity index (χ0v) is 16.7. The van der Waals surface area contributed by atoms with Crippen LogP contribution in [0.3, 0.4) is 0 Å². The Labute approximate surface area is 160 Å². The first-order valence-electron chi connectivity index (χ1n) is 8.50. The van der Waals surface area contributed by atoms with Crippen molar-refractivity contribution in [2.75, 3.05) is 0 Å². The Bertz CT molecular complexity index is 925. The van der Waals surface area contributed by atoms with Crippen molar-refractivity contribution in [2.24, 2.45) is 0 Å². The molecular formula is C20H24N2O4S. The molecule has 6 nitrogen and oxygen atoms in total. The summed E-state index contributed by atoms with van der Waals surface area (Å²) in [6.45, 7) is 7.22. The number of carbonyl (C=O) groups is 2. The number of hydrogen-bond acceptors (Lipinski definition) is 4. The molecule has 0 spiro atoms. The van der Waals surface area contributed by atoms with Crippen LogP contribution in [-0.2, 0) is 16.6 Å². The normalized spacial score (nSPS) is 11.9. The summed E-state index contributed by atoms with van der Waals surface area (Å²) in [4.78, 5) is 23.5. The van der Waals surface area contributed by atoms with E-state index in [0.29, 0.717) is 11.1 Å². The van der Waals surface area contributed by atoms with Crippen LogP contribution in [0.15, 0.2) is 53.4 Å². The number of nitrogens with one attached hydrogen (secondary N) is 2. The smallest absolute Gasteiger partial charge is 0.251 e. The number of benzene rings is 2. The first-order chi connectivity index (χ1) is 12.5. The van der Waals surface area contributed by atoms with E-state index < -0.39 is 10.0 Å². The molecule has 2 aromatic carbocycles. The minimum atomic E-state index is -3.69. The molecule has 0 atom stereocenters. The molecular weight excluding hydrogens is 364 g/mol. The van der Waals surface area contributed by atoms with Gasteiger partial charge in [-0.2, -0.15) is 0 Å². The first kappa shape index (κ1) is 20.8. The van der Waals surface area contributed by atoms with E-state index in [4.69, 9.17) is 0 Å². The third-order valence-corrected chi connectivity index (χ3v) is 5.16. The Hall–Kier alpha value is -2.51. The van der Waals surface area contributed by atoms with Crippen LogP contribution < -0.4 is 10.0 Å². The first-order valence-corrected chi connectivity index (χ1v) is 9.98. The van der Waals surface area contributed by atoms with E-state index in [1.807, 2.05) is 20.8 Å². The molecule has 1 amide bonds. The quantitative estimate of drug-likeness (QED) is 0.744. The molecule has 0 aliphatic heterocycles. The number of amides is 1. The summed E-state index contributed by atoms with van der Waals surface area (Å²) in [6, 6.07) is 12.5. The molecule has 0 radical (unpaired) electrons. The Morgan fingerprint density at radius 1 is 0.889 bits per heavy atom. The lowest BCUT2D eigenvalue weighted by Gasteiger charge is -2.20. The SMILES string of the molecule is CC(=O)c1ccc(S(=O)(=O)NCc2ccc(C(=O)NC(C)(C)C)cc2)cc1. The fourth-order valence-electron chi connectivity index (χ4n) is 2.32. The van der Waals surface area contributed by atoms with Gasteiger partial charge in [-0.25, -0.2) is 13.1 Å². The molecule has 2 N–H and O–H groups in total. The predicted molar refractivity (Wildman–Crippen MR) is 104 cm³/mol. The third-order valence-electron chi connectivity index (χ3n) is 3.74. The summed E-state index contributed by atoms with van der Waals surface area (Å²) in [7, 11) is -3.69. The summed E-state index contributed by atoms with van der Waals surface area (Å²) in [5.41, 5.74) is 1.37. The van der Waals surface area contributed by atoms with Gasteiger partial charge < -0.3 is 5.32 Å². The standard InChI is InChI=1S/C20H24N2O4S/c1-14(23)16-9-11-18(12-10-16)27(25,26)21-13-15-5-7-17(8-6-15)19(24)22-20(2,3)4/h5-12,21H,13H2,1-4H3,(H,22,24). The number of sulfonamides is 1. The largest absolute Gasteiger partial charge is 0.347 e. The van der Waals surface area contributed by atoms with E-state index in [1.54, 1.807) is 24.3 Å². The second-order valence-corrected chi connectivity index (χ2v) is 9.07. The Morgan fingerprint density at radius 3 is 1.89 bits per heavy atom. The molecule has 0 bridgehead atoms. The predicted octanol–water partition coefficient (Wildman–Crippen LogP) is 2.90. The Balaban J connectivity index is 2.03. The summed E-state index contributed by atoms with van der Waals surface area (Å²) in [5.74, 6) is -0.303. The zero-order valence-electron chi connectivity index (χ0n) is 15.9. The van der Waals surface area contributed by atoms with Gasteiger partial charge in [0.15, 0.2) is 5.78 Å². The number of rotatable bonds is 6. The minimum absolute atomic E-state index is 0.0914. The highest BCUT2D eigenvalue weighted by Crippen LogP contribution is 2.13. The van der Waals surface area contributed by atoms with Crippen LogP contribution in [0.4, 0.5) is 0 Å². The van der Waals surface area contributed by atoms with Gasteiger partial charge in [0.2, 0.25) is 10.0 Å². The fraction of sp³-hybridized carbons (Fsp3) is 0.300. The minimum Gasteiger partial charge on any atom is -0.347 e. The number of Topliss-reactive ketones (excluding diaryl/α,β-unsaturated/α-hetero) is 1. The highest BCUT2D eigenvalue weighted by molar-refractivity contribution is 7.89. The van der Waals surface area contributed by atoms with Crippen molar-refractivity contribution in [3.8, 4) is 0 Å². The van der Waals surface area contributed by atoms with Gasteiger partial charge in [0.1, 0.15) is 0 Å². The zero-order chi connectivity index (χ0) is 20.2. The lowest BCUT2D eigenvalue weighted by Crippen LogP contribution is -2.40. The van der Waals surface area contributed by atoms with Crippen molar-refractivity contribution in [3.05, 3.63) is 65.2 Å². The number of carbonyl (C=O) groups excluding carboxylic acids is 2. The maximum absolute atomic E-state index is 12.4. The highest BCUT2D eigenvalue weighted by Gasteiger charge is 2.16. The lowest BCUT2D eigenvalue weighted by molar-refractivity contribution is 0.0918. The third kappa shape index (κ3) is 6.01. The van der Waals surface area contributed by atoms with Crippen LogP contribution in [0.5, 0.6) is 0 Å². The second kappa shape index (κ2) is 8.02. The summed E-state index contributed by atoms with van der Waals surface area (Å²) < 4.78 is 27.2. The van der Waals surface area contributed by atoms with Crippen molar-refractivity contribution in [3.63, 3.8) is 0 Å². The van der Waals surface area contributed by atoms with Crippen LogP contribution in [-0.4, -0.2) is 25.6 Å². The molecule has 0 aliphatic carbocycles. The topological polar surface area (TPSA) is 92.3 Å². The molecule has 27 heavy (non-hydrogen) atoms. The highest BCUT2D eigenvalue weighted by atomic mass is 32.2. The summed E-state index contributed by atoms with van der Waals surface area (Å²) in [5, 5.41) is 2.87. The number of ketones is 1. The van der Waals surface area contributed by atoms with Gasteiger partial charge in [-0.1, -0.05) is 24.3 Å². The van der Waals surface area contributed by atoms with Gasteiger partial charge in [0, 0.05) is 23.2 Å².